The number of aliphatic carboxylic acids is 1. The van der Waals surface area contributed by atoms with Crippen molar-refractivity contribution < 1.29 is 24.2 Å². The second-order valence-corrected chi connectivity index (χ2v) is 10.00. The number of hydrogen-bond acceptors (Lipinski definition) is 6. The lowest BCUT2D eigenvalue weighted by Gasteiger charge is -2.20. The van der Waals surface area contributed by atoms with Gasteiger partial charge >= 0.3 is 11.6 Å². The number of carboxylic acid groups (broad SMARTS) is 1. The van der Waals surface area contributed by atoms with Crippen LogP contribution in [0, 0.1) is 5.92 Å². The van der Waals surface area contributed by atoms with E-state index in [1.54, 1.807) is 24.3 Å². The third-order valence-corrected chi connectivity index (χ3v) is 7.13. The van der Waals surface area contributed by atoms with E-state index in [9.17, 15) is 19.5 Å². The standard InChI is InChI=1S/C30H34N2O6/c1-2-19(15-18-7-4-3-5-8-18)25-17-24(33)28(30(37)38-25)27(20-11-12-20)21-9-6-10-22(16-21)32-29(36)23(31)13-14-26(34)35/h3-10,16-17,19-20,23,27,33H,2,11-15,31H2,1H3,(H,32,36)(H,34,35)/t19?,23-,27?/m0/s1. The van der Waals surface area contributed by atoms with Crippen LogP contribution in [-0.2, 0) is 16.0 Å². The summed E-state index contributed by atoms with van der Waals surface area (Å²) in [6.07, 6.45) is 3.09. The highest BCUT2D eigenvalue weighted by Crippen LogP contribution is 2.48. The molecule has 0 bridgehead atoms. The molecule has 0 saturated heterocycles. The number of hydrogen-bond donors (Lipinski definition) is 4. The Morgan fingerprint density at radius 1 is 1.11 bits per heavy atom. The minimum absolute atomic E-state index is 0.0237. The van der Waals surface area contributed by atoms with Crippen LogP contribution in [0.5, 0.6) is 5.75 Å². The maximum Gasteiger partial charge on any atom is 0.343 e. The molecule has 1 heterocycles. The van der Waals surface area contributed by atoms with Gasteiger partial charge in [0.1, 0.15) is 11.5 Å². The van der Waals surface area contributed by atoms with Gasteiger partial charge in [-0.3, -0.25) is 9.59 Å². The summed E-state index contributed by atoms with van der Waals surface area (Å²) in [6.45, 7) is 2.03. The SMILES string of the molecule is CCC(Cc1ccccc1)c1cc(O)c(C(c2cccc(NC(=O)[C@@H](N)CCC(=O)O)c2)C2CC2)c(=O)o1. The zero-order valence-electron chi connectivity index (χ0n) is 21.4. The molecule has 3 atom stereocenters. The number of rotatable bonds is 12. The van der Waals surface area contributed by atoms with Crippen LogP contribution in [0.2, 0.25) is 0 Å². The van der Waals surface area contributed by atoms with Crippen molar-refractivity contribution in [3.8, 4) is 5.75 Å². The maximum absolute atomic E-state index is 13.3. The minimum Gasteiger partial charge on any atom is -0.507 e. The van der Waals surface area contributed by atoms with Crippen molar-refractivity contribution in [3.05, 3.63) is 93.5 Å². The molecule has 4 rings (SSSR count). The molecule has 200 valence electrons. The van der Waals surface area contributed by atoms with E-state index in [2.05, 4.69) is 5.32 Å². The zero-order chi connectivity index (χ0) is 27.2. The Bertz CT molecular complexity index is 1330. The van der Waals surface area contributed by atoms with Crippen molar-refractivity contribution in [2.75, 3.05) is 5.32 Å². The van der Waals surface area contributed by atoms with Gasteiger partial charge in [0.2, 0.25) is 5.91 Å². The molecule has 2 unspecified atom stereocenters. The van der Waals surface area contributed by atoms with Gasteiger partial charge in [0.15, 0.2) is 0 Å². The fourth-order valence-electron chi connectivity index (χ4n) is 4.90. The molecule has 1 aliphatic rings. The van der Waals surface area contributed by atoms with Gasteiger partial charge < -0.3 is 25.7 Å². The highest BCUT2D eigenvalue weighted by molar-refractivity contribution is 5.95. The van der Waals surface area contributed by atoms with Gasteiger partial charge in [-0.1, -0.05) is 49.4 Å². The number of carbonyl (C=O) groups excluding carboxylic acids is 1. The maximum atomic E-state index is 13.3. The number of aromatic hydroxyl groups is 1. The first-order valence-electron chi connectivity index (χ1n) is 13.1. The first kappa shape index (κ1) is 27.1. The summed E-state index contributed by atoms with van der Waals surface area (Å²) in [6, 6.07) is 17.7. The Labute approximate surface area is 221 Å². The van der Waals surface area contributed by atoms with Crippen molar-refractivity contribution in [2.24, 2.45) is 11.7 Å². The topological polar surface area (TPSA) is 143 Å². The summed E-state index contributed by atoms with van der Waals surface area (Å²) in [5, 5.41) is 22.7. The van der Waals surface area contributed by atoms with Crippen molar-refractivity contribution in [3.63, 3.8) is 0 Å². The van der Waals surface area contributed by atoms with Crippen molar-refractivity contribution in [2.45, 2.75) is 63.3 Å². The molecule has 1 saturated carbocycles. The molecule has 2 aromatic carbocycles. The third kappa shape index (κ3) is 6.69. The van der Waals surface area contributed by atoms with Crippen LogP contribution in [-0.4, -0.2) is 28.1 Å². The van der Waals surface area contributed by atoms with Gasteiger partial charge in [0.25, 0.3) is 0 Å². The molecule has 5 N–H and O–H groups in total. The second kappa shape index (κ2) is 12.1. The molecule has 0 spiro atoms. The van der Waals surface area contributed by atoms with Gasteiger partial charge in [0, 0.05) is 30.0 Å². The van der Waals surface area contributed by atoms with Crippen LogP contribution >= 0.6 is 0 Å². The van der Waals surface area contributed by atoms with Gasteiger partial charge in [-0.25, -0.2) is 4.79 Å². The van der Waals surface area contributed by atoms with E-state index in [0.29, 0.717) is 17.9 Å². The van der Waals surface area contributed by atoms with Crippen LogP contribution in [0.3, 0.4) is 0 Å². The number of amides is 1. The number of nitrogens with two attached hydrogens (primary N) is 1. The number of nitrogens with one attached hydrogen (secondary N) is 1. The number of carbonyl (C=O) groups is 2. The molecular weight excluding hydrogens is 484 g/mol. The van der Waals surface area contributed by atoms with E-state index in [4.69, 9.17) is 15.3 Å². The zero-order valence-corrected chi connectivity index (χ0v) is 21.4. The molecule has 0 aliphatic heterocycles. The van der Waals surface area contributed by atoms with Gasteiger partial charge in [0.05, 0.1) is 11.6 Å². The molecule has 1 fully saturated rings. The van der Waals surface area contributed by atoms with E-state index in [1.807, 2.05) is 43.3 Å². The average Bonchev–Trinajstić information content (AvgIpc) is 3.73. The highest BCUT2D eigenvalue weighted by atomic mass is 16.4. The predicted octanol–water partition coefficient (Wildman–Crippen LogP) is 4.75. The van der Waals surface area contributed by atoms with Crippen LogP contribution in [0.1, 0.15) is 73.3 Å². The lowest BCUT2D eigenvalue weighted by Crippen LogP contribution is -2.36. The minimum atomic E-state index is -1.02. The largest absolute Gasteiger partial charge is 0.507 e. The molecule has 0 radical (unpaired) electrons. The van der Waals surface area contributed by atoms with E-state index >= 15 is 0 Å². The van der Waals surface area contributed by atoms with Crippen LogP contribution in [0.15, 0.2) is 69.9 Å². The molecule has 1 aliphatic carbocycles. The molecule has 3 aromatic rings. The van der Waals surface area contributed by atoms with Crippen LogP contribution in [0.25, 0.3) is 0 Å². The predicted molar refractivity (Wildman–Crippen MR) is 144 cm³/mol. The van der Waals surface area contributed by atoms with Crippen LogP contribution < -0.4 is 16.7 Å². The van der Waals surface area contributed by atoms with Crippen molar-refractivity contribution >= 4 is 17.6 Å². The molecule has 1 aromatic heterocycles. The fourth-order valence-corrected chi connectivity index (χ4v) is 4.90. The van der Waals surface area contributed by atoms with Gasteiger partial charge in [-0.2, -0.15) is 0 Å². The molecule has 38 heavy (non-hydrogen) atoms. The third-order valence-electron chi connectivity index (χ3n) is 7.13. The van der Waals surface area contributed by atoms with Gasteiger partial charge in [-0.05, 0) is 61.3 Å². The lowest BCUT2D eigenvalue weighted by molar-refractivity contribution is -0.137. The summed E-state index contributed by atoms with van der Waals surface area (Å²) in [5.41, 5.74) is 7.90. The van der Waals surface area contributed by atoms with E-state index < -0.39 is 23.5 Å². The Hall–Kier alpha value is -3.91. The van der Waals surface area contributed by atoms with Gasteiger partial charge in [-0.15, -0.1) is 0 Å². The smallest absolute Gasteiger partial charge is 0.343 e. The Kier molecular flexibility index (Phi) is 8.63. The summed E-state index contributed by atoms with van der Waals surface area (Å²) in [7, 11) is 0. The van der Waals surface area contributed by atoms with E-state index in [0.717, 1.165) is 30.4 Å². The van der Waals surface area contributed by atoms with E-state index in [-0.39, 0.29) is 41.9 Å². The average molecular weight is 519 g/mol. The van der Waals surface area contributed by atoms with E-state index in [1.165, 1.54) is 0 Å². The Morgan fingerprint density at radius 2 is 1.84 bits per heavy atom. The Morgan fingerprint density at radius 3 is 2.47 bits per heavy atom. The highest BCUT2D eigenvalue weighted by Gasteiger charge is 2.38. The monoisotopic (exact) mass is 518 g/mol. The quantitative estimate of drug-likeness (QED) is 0.271. The van der Waals surface area contributed by atoms with Crippen molar-refractivity contribution in [1.29, 1.82) is 0 Å². The number of anilines is 1. The first-order chi connectivity index (χ1) is 18.3. The molecule has 8 heteroatoms. The number of benzene rings is 2. The summed E-state index contributed by atoms with van der Waals surface area (Å²) in [4.78, 5) is 36.5. The molecular formula is C30H34N2O6. The van der Waals surface area contributed by atoms with Crippen molar-refractivity contribution in [1.82, 2.24) is 0 Å². The summed E-state index contributed by atoms with van der Waals surface area (Å²) < 4.78 is 5.82. The lowest BCUT2D eigenvalue weighted by atomic mass is 9.86. The first-order valence-corrected chi connectivity index (χ1v) is 13.1. The fraction of sp³-hybridized carbons (Fsp3) is 0.367. The number of carboxylic acids is 1. The molecule has 8 nitrogen and oxygen atoms in total. The molecule has 1 amide bonds. The normalized spacial score (nSPS) is 15.4. The second-order valence-electron chi connectivity index (χ2n) is 10.00. The van der Waals surface area contributed by atoms with Crippen LogP contribution in [0.4, 0.5) is 5.69 Å². The Balaban J connectivity index is 1.58. The summed E-state index contributed by atoms with van der Waals surface area (Å²) >= 11 is 0. The summed E-state index contributed by atoms with van der Waals surface area (Å²) in [5.74, 6) is -1.37.